The van der Waals surface area contributed by atoms with Gasteiger partial charge in [-0.05, 0) is 81.1 Å². The van der Waals surface area contributed by atoms with Crippen molar-refractivity contribution in [3.05, 3.63) is 36.3 Å². The van der Waals surface area contributed by atoms with E-state index in [1.165, 1.54) is 56.3 Å². The molecule has 186 valence electrons. The summed E-state index contributed by atoms with van der Waals surface area (Å²) in [6.45, 7) is 8.92. The number of H-pyrrole nitrogens is 1. The maximum atomic E-state index is 13.3. The Morgan fingerprint density at radius 2 is 1.97 bits per heavy atom. The number of aromatic amines is 1. The second-order valence-corrected chi connectivity index (χ2v) is 10.8. The van der Waals surface area contributed by atoms with Crippen molar-refractivity contribution in [2.75, 3.05) is 39.3 Å². The largest absolute Gasteiger partial charge is 0.360 e. The van der Waals surface area contributed by atoms with Crippen molar-refractivity contribution in [1.82, 2.24) is 29.9 Å². The van der Waals surface area contributed by atoms with Gasteiger partial charge in [-0.2, -0.15) is 0 Å². The number of nitrogens with one attached hydrogen (secondary N) is 1. The highest BCUT2D eigenvalue weighted by atomic mass is 16.1. The van der Waals surface area contributed by atoms with Crippen LogP contribution < -0.4 is 0 Å². The molecule has 3 fully saturated rings. The normalized spacial score (nSPS) is 27.2. The van der Waals surface area contributed by atoms with E-state index in [9.17, 15) is 4.79 Å². The molecule has 6 heterocycles. The summed E-state index contributed by atoms with van der Waals surface area (Å²) in [5, 5.41) is 7.35. The number of fused-ring (bicyclic) bond motifs is 3. The summed E-state index contributed by atoms with van der Waals surface area (Å²) in [5.74, 6) is 1.45. The minimum absolute atomic E-state index is 0.0290. The first-order chi connectivity index (χ1) is 17.2. The summed E-state index contributed by atoms with van der Waals surface area (Å²) in [6.07, 6.45) is 13.6. The number of ketones is 1. The summed E-state index contributed by atoms with van der Waals surface area (Å²) in [7, 11) is 0. The van der Waals surface area contributed by atoms with Crippen LogP contribution in [0.3, 0.4) is 0 Å². The molecule has 0 amide bonds. The van der Waals surface area contributed by atoms with E-state index in [1.54, 1.807) is 0 Å². The van der Waals surface area contributed by atoms with Crippen LogP contribution in [0.4, 0.5) is 0 Å². The Balaban J connectivity index is 1.25. The Hall–Kier alpha value is -2.35. The summed E-state index contributed by atoms with van der Waals surface area (Å²) in [5.41, 5.74) is 3.18. The molecule has 0 bridgehead atoms. The first-order valence-corrected chi connectivity index (χ1v) is 13.7. The monoisotopic (exact) mass is 474 g/mol. The summed E-state index contributed by atoms with van der Waals surface area (Å²) in [4.78, 5) is 28.3. The number of hydrogen-bond donors (Lipinski definition) is 1. The SMILES string of the molecule is CCC(=O)C1CC(c2cc[nH]c3cnc4nccc4c23)CCN1N1CCCC(CN2CCCC2)C1. The zero-order valence-corrected chi connectivity index (χ0v) is 21.0. The van der Waals surface area contributed by atoms with Crippen LogP contribution in [0, 0.1) is 5.92 Å². The van der Waals surface area contributed by atoms with Gasteiger partial charge in [0.2, 0.25) is 0 Å². The number of hydrazine groups is 1. The van der Waals surface area contributed by atoms with Crippen LogP contribution >= 0.6 is 0 Å². The first-order valence-electron chi connectivity index (χ1n) is 13.7. The predicted molar refractivity (Wildman–Crippen MR) is 139 cm³/mol. The molecule has 0 aliphatic carbocycles. The van der Waals surface area contributed by atoms with E-state index in [-0.39, 0.29) is 6.04 Å². The fraction of sp³-hybridized carbons (Fsp3) is 0.607. The number of carbonyl (C=O) groups is 1. The predicted octanol–water partition coefficient (Wildman–Crippen LogP) is 4.36. The summed E-state index contributed by atoms with van der Waals surface area (Å²) < 4.78 is 0. The first kappa shape index (κ1) is 23.1. The molecule has 3 unspecified atom stereocenters. The molecule has 3 saturated heterocycles. The van der Waals surface area contributed by atoms with Crippen LogP contribution in [0.2, 0.25) is 0 Å². The molecule has 0 spiro atoms. The second kappa shape index (κ2) is 9.96. The van der Waals surface area contributed by atoms with Crippen LogP contribution in [0.5, 0.6) is 0 Å². The lowest BCUT2D eigenvalue weighted by Gasteiger charge is -2.48. The number of rotatable bonds is 6. The van der Waals surface area contributed by atoms with E-state index in [4.69, 9.17) is 0 Å². The molecular formula is C28H38N6O. The molecule has 3 aromatic rings. The number of Topliss-reactive ketones (excluding diaryl/α,β-unsaturated/α-hetero) is 1. The van der Waals surface area contributed by atoms with Gasteiger partial charge in [-0.25, -0.2) is 20.0 Å². The number of nitrogens with zero attached hydrogens (tertiary/aromatic N) is 5. The Morgan fingerprint density at radius 3 is 2.83 bits per heavy atom. The number of carbonyl (C=O) groups excluding carboxylic acids is 1. The molecule has 1 N–H and O–H groups in total. The van der Waals surface area contributed by atoms with Gasteiger partial charge in [0.05, 0.1) is 17.8 Å². The van der Waals surface area contributed by atoms with E-state index in [2.05, 4.69) is 42.0 Å². The molecule has 3 aromatic heterocycles. The third-order valence-electron chi connectivity index (χ3n) is 8.63. The quantitative estimate of drug-likeness (QED) is 0.573. The van der Waals surface area contributed by atoms with Crippen molar-refractivity contribution in [2.45, 2.75) is 63.8 Å². The van der Waals surface area contributed by atoms with Gasteiger partial charge >= 0.3 is 0 Å². The van der Waals surface area contributed by atoms with E-state index < -0.39 is 0 Å². The maximum Gasteiger partial charge on any atom is 0.159 e. The van der Waals surface area contributed by atoms with Crippen molar-refractivity contribution < 1.29 is 4.79 Å². The summed E-state index contributed by atoms with van der Waals surface area (Å²) >= 11 is 0. The third kappa shape index (κ3) is 4.50. The van der Waals surface area contributed by atoms with Gasteiger partial charge in [-0.3, -0.25) is 4.79 Å². The molecule has 7 heteroatoms. The molecule has 35 heavy (non-hydrogen) atoms. The molecule has 3 aliphatic rings. The fourth-order valence-corrected chi connectivity index (χ4v) is 6.89. The fourth-order valence-electron chi connectivity index (χ4n) is 6.89. The van der Waals surface area contributed by atoms with E-state index >= 15 is 0 Å². The van der Waals surface area contributed by atoms with Crippen LogP contribution in [0.1, 0.15) is 63.4 Å². The van der Waals surface area contributed by atoms with Gasteiger partial charge in [0.1, 0.15) is 0 Å². The number of piperidine rings is 2. The molecule has 0 radical (unpaired) electrons. The van der Waals surface area contributed by atoms with E-state index in [0.29, 0.717) is 18.1 Å². The molecule has 0 aromatic carbocycles. The van der Waals surface area contributed by atoms with Crippen LogP contribution in [0.25, 0.3) is 21.9 Å². The molecular weight excluding hydrogens is 436 g/mol. The van der Waals surface area contributed by atoms with Crippen LogP contribution in [-0.4, -0.2) is 81.0 Å². The topological polar surface area (TPSA) is 68.4 Å². The number of hydrogen-bond acceptors (Lipinski definition) is 6. The van der Waals surface area contributed by atoms with Crippen LogP contribution in [-0.2, 0) is 4.79 Å². The molecule has 0 saturated carbocycles. The van der Waals surface area contributed by atoms with Gasteiger partial charge in [0.15, 0.2) is 11.4 Å². The molecule has 7 nitrogen and oxygen atoms in total. The lowest BCUT2D eigenvalue weighted by atomic mass is 9.82. The Labute approximate surface area is 207 Å². The van der Waals surface area contributed by atoms with E-state index in [1.807, 2.05) is 25.5 Å². The zero-order valence-electron chi connectivity index (χ0n) is 21.0. The van der Waals surface area contributed by atoms with Crippen molar-refractivity contribution in [1.29, 1.82) is 0 Å². The highest BCUT2D eigenvalue weighted by Gasteiger charge is 2.38. The average molecular weight is 475 g/mol. The third-order valence-corrected chi connectivity index (χ3v) is 8.63. The zero-order chi connectivity index (χ0) is 23.8. The van der Waals surface area contributed by atoms with Gasteiger partial charge < -0.3 is 9.88 Å². The smallest absolute Gasteiger partial charge is 0.159 e. The van der Waals surface area contributed by atoms with Crippen molar-refractivity contribution in [2.24, 2.45) is 5.92 Å². The van der Waals surface area contributed by atoms with Gasteiger partial charge in [0, 0.05) is 55.8 Å². The Morgan fingerprint density at radius 1 is 1.09 bits per heavy atom. The maximum absolute atomic E-state index is 13.3. The Kier molecular flexibility index (Phi) is 6.56. The highest BCUT2D eigenvalue weighted by Crippen LogP contribution is 2.38. The van der Waals surface area contributed by atoms with E-state index in [0.717, 1.165) is 54.9 Å². The molecule has 3 atom stereocenters. The average Bonchev–Trinajstić information content (AvgIpc) is 3.60. The number of pyridine rings is 2. The number of aromatic nitrogens is 3. The van der Waals surface area contributed by atoms with Crippen LogP contribution in [0.15, 0.2) is 30.7 Å². The van der Waals surface area contributed by atoms with Gasteiger partial charge in [-0.1, -0.05) is 6.92 Å². The molecule has 3 aliphatic heterocycles. The van der Waals surface area contributed by atoms with Crippen molar-refractivity contribution >= 4 is 27.7 Å². The minimum atomic E-state index is -0.0290. The summed E-state index contributed by atoms with van der Waals surface area (Å²) in [6, 6.07) is 4.26. The Bertz CT molecular complexity index is 1180. The lowest BCUT2D eigenvalue weighted by Crippen LogP contribution is -2.58. The number of likely N-dealkylation sites (tertiary alicyclic amines) is 1. The van der Waals surface area contributed by atoms with Gasteiger partial charge in [0.25, 0.3) is 0 Å². The standard InChI is InChI=1S/C28H38N6O/c1-2-26(35)25-16-21(22-7-10-29-24-17-31-28-23(27(22)24)8-11-30-28)9-15-34(25)33-14-5-6-20(19-33)18-32-12-3-4-13-32/h7-8,10-11,17,20-21,25,29H,2-6,9,12-16,18-19H2,1H3. The lowest BCUT2D eigenvalue weighted by molar-refractivity contribution is -0.144. The highest BCUT2D eigenvalue weighted by molar-refractivity contribution is 6.05. The van der Waals surface area contributed by atoms with Gasteiger partial charge in [-0.15, -0.1) is 0 Å². The second-order valence-electron chi connectivity index (χ2n) is 10.8. The van der Waals surface area contributed by atoms with Crippen molar-refractivity contribution in [3.63, 3.8) is 0 Å². The molecule has 6 rings (SSSR count). The minimum Gasteiger partial charge on any atom is -0.360 e. The van der Waals surface area contributed by atoms with Crippen molar-refractivity contribution in [3.8, 4) is 0 Å².